The molecule has 1 fully saturated rings. The molecule has 0 amide bonds. The highest BCUT2D eigenvalue weighted by Gasteiger charge is 2.32. The summed E-state index contributed by atoms with van der Waals surface area (Å²) in [4.78, 5) is 24.5. The first-order valence-electron chi connectivity index (χ1n) is 5.69. The van der Waals surface area contributed by atoms with Gasteiger partial charge in [-0.2, -0.15) is 4.39 Å². The van der Waals surface area contributed by atoms with E-state index in [1.807, 2.05) is 18.8 Å². The average Bonchev–Trinajstić information content (AvgIpc) is 2.25. The van der Waals surface area contributed by atoms with E-state index in [0.29, 0.717) is 19.4 Å². The van der Waals surface area contributed by atoms with Gasteiger partial charge in [-0.25, -0.2) is 4.79 Å². The molecular weight excluding hydrogens is 243 g/mol. The van der Waals surface area contributed by atoms with Crippen molar-refractivity contribution in [3.05, 3.63) is 26.7 Å². The zero-order valence-electron chi connectivity index (χ0n) is 10.2. The maximum atomic E-state index is 13.3. The Kier molecular flexibility index (Phi) is 3.02. The molecule has 1 aromatic rings. The molecule has 2 heterocycles. The number of halogens is 1. The Morgan fingerprint density at radius 3 is 2.78 bits per heavy atom. The van der Waals surface area contributed by atoms with Gasteiger partial charge < -0.3 is 9.84 Å². The molecule has 0 radical (unpaired) electrons. The van der Waals surface area contributed by atoms with Crippen LogP contribution in [0.15, 0.2) is 9.59 Å². The number of rotatable bonds is 1. The van der Waals surface area contributed by atoms with E-state index in [1.165, 1.54) is 0 Å². The quantitative estimate of drug-likeness (QED) is 0.768. The summed E-state index contributed by atoms with van der Waals surface area (Å²) in [5.41, 5.74) is -2.47. The zero-order chi connectivity index (χ0) is 13.5. The van der Waals surface area contributed by atoms with Crippen molar-refractivity contribution in [1.29, 1.82) is 0 Å². The van der Waals surface area contributed by atoms with Gasteiger partial charge in [-0.15, -0.1) is 0 Å². The molecule has 0 saturated carbocycles. The SMILES string of the molecule is CC1(C)CC(n2c(O)c(F)c(=O)[nH]c2=O)CCO1. The second-order valence-electron chi connectivity index (χ2n) is 5.02. The number of ether oxygens (including phenoxy) is 1. The smallest absolute Gasteiger partial charge is 0.331 e. The molecule has 0 spiro atoms. The molecule has 1 atom stereocenters. The van der Waals surface area contributed by atoms with Gasteiger partial charge in [0.25, 0.3) is 5.56 Å². The van der Waals surface area contributed by atoms with E-state index < -0.39 is 34.6 Å². The highest BCUT2D eigenvalue weighted by atomic mass is 19.1. The second kappa shape index (κ2) is 4.24. The number of hydrogen-bond donors (Lipinski definition) is 2. The molecule has 100 valence electrons. The van der Waals surface area contributed by atoms with Crippen molar-refractivity contribution < 1.29 is 14.2 Å². The number of nitrogens with zero attached hydrogens (tertiary/aromatic N) is 1. The fourth-order valence-corrected chi connectivity index (χ4v) is 2.27. The third-order valence-corrected chi connectivity index (χ3v) is 3.10. The summed E-state index contributed by atoms with van der Waals surface area (Å²) in [7, 11) is 0. The first-order chi connectivity index (χ1) is 8.32. The van der Waals surface area contributed by atoms with Gasteiger partial charge in [0.2, 0.25) is 11.7 Å². The van der Waals surface area contributed by atoms with Crippen LogP contribution in [-0.4, -0.2) is 26.9 Å². The lowest BCUT2D eigenvalue weighted by Gasteiger charge is -2.36. The van der Waals surface area contributed by atoms with Gasteiger partial charge in [0, 0.05) is 12.6 Å². The first-order valence-corrected chi connectivity index (χ1v) is 5.69. The molecule has 18 heavy (non-hydrogen) atoms. The van der Waals surface area contributed by atoms with Gasteiger partial charge in [-0.05, 0) is 26.7 Å². The minimum Gasteiger partial charge on any atom is -0.492 e. The van der Waals surface area contributed by atoms with Gasteiger partial charge in [-0.1, -0.05) is 0 Å². The van der Waals surface area contributed by atoms with Crippen LogP contribution in [0.1, 0.15) is 32.7 Å². The molecule has 1 aliphatic rings. The summed E-state index contributed by atoms with van der Waals surface area (Å²) < 4.78 is 19.7. The highest BCUT2D eigenvalue weighted by Crippen LogP contribution is 2.32. The Hall–Kier alpha value is -1.63. The van der Waals surface area contributed by atoms with Crippen LogP contribution in [-0.2, 0) is 4.74 Å². The molecule has 0 aromatic carbocycles. The predicted molar refractivity (Wildman–Crippen MR) is 61.2 cm³/mol. The summed E-state index contributed by atoms with van der Waals surface area (Å²) in [6.45, 7) is 4.11. The minimum absolute atomic E-state index is 0.396. The highest BCUT2D eigenvalue weighted by molar-refractivity contribution is 5.11. The van der Waals surface area contributed by atoms with E-state index in [0.717, 1.165) is 4.57 Å². The predicted octanol–water partition coefficient (Wildman–Crippen LogP) is 0.511. The largest absolute Gasteiger partial charge is 0.492 e. The van der Waals surface area contributed by atoms with E-state index in [2.05, 4.69) is 0 Å². The Morgan fingerprint density at radius 2 is 2.17 bits per heavy atom. The van der Waals surface area contributed by atoms with Gasteiger partial charge in [0.15, 0.2) is 0 Å². The molecule has 2 rings (SSSR count). The summed E-state index contributed by atoms with van der Waals surface area (Å²) in [5.74, 6) is -2.25. The molecule has 2 N–H and O–H groups in total. The lowest BCUT2D eigenvalue weighted by atomic mass is 9.94. The standard InChI is InChI=1S/C11H15FN2O4/c1-11(2)5-6(3-4-18-11)14-9(16)7(12)8(15)13-10(14)17/h6,16H,3-5H2,1-2H3,(H,13,15,17). The monoisotopic (exact) mass is 258 g/mol. The van der Waals surface area contributed by atoms with E-state index in [4.69, 9.17) is 4.74 Å². The van der Waals surface area contributed by atoms with Crippen LogP contribution in [0.5, 0.6) is 5.88 Å². The molecule has 7 heteroatoms. The Bertz CT molecular complexity index is 575. The van der Waals surface area contributed by atoms with Crippen LogP contribution in [0.4, 0.5) is 4.39 Å². The lowest BCUT2D eigenvalue weighted by molar-refractivity contribution is -0.0706. The van der Waals surface area contributed by atoms with Crippen molar-refractivity contribution in [2.75, 3.05) is 6.61 Å². The van der Waals surface area contributed by atoms with Crippen LogP contribution in [0.2, 0.25) is 0 Å². The molecular formula is C11H15FN2O4. The molecule has 1 saturated heterocycles. The summed E-state index contributed by atoms with van der Waals surface area (Å²) in [6.07, 6.45) is 0.925. The van der Waals surface area contributed by atoms with Gasteiger partial charge in [0.05, 0.1) is 5.60 Å². The number of H-pyrrole nitrogens is 1. The average molecular weight is 258 g/mol. The van der Waals surface area contributed by atoms with E-state index in [-0.39, 0.29) is 0 Å². The normalized spacial score (nSPS) is 22.9. The number of aromatic hydroxyl groups is 1. The number of aromatic amines is 1. The van der Waals surface area contributed by atoms with Gasteiger partial charge in [0.1, 0.15) is 0 Å². The van der Waals surface area contributed by atoms with Crippen LogP contribution < -0.4 is 11.2 Å². The van der Waals surface area contributed by atoms with Crippen molar-refractivity contribution in [3.8, 4) is 5.88 Å². The van der Waals surface area contributed by atoms with E-state index >= 15 is 0 Å². The van der Waals surface area contributed by atoms with E-state index in [9.17, 15) is 19.1 Å². The topological polar surface area (TPSA) is 84.3 Å². The van der Waals surface area contributed by atoms with Crippen molar-refractivity contribution >= 4 is 0 Å². The van der Waals surface area contributed by atoms with Crippen LogP contribution in [0.3, 0.4) is 0 Å². The van der Waals surface area contributed by atoms with E-state index in [1.54, 1.807) is 0 Å². The number of nitrogens with one attached hydrogen (secondary N) is 1. The molecule has 0 bridgehead atoms. The minimum atomic E-state index is -1.33. The van der Waals surface area contributed by atoms with Crippen molar-refractivity contribution in [1.82, 2.24) is 9.55 Å². The number of aromatic nitrogens is 2. The third kappa shape index (κ3) is 2.17. The fourth-order valence-electron chi connectivity index (χ4n) is 2.27. The Morgan fingerprint density at radius 1 is 1.50 bits per heavy atom. The summed E-state index contributed by atoms with van der Waals surface area (Å²) in [5, 5.41) is 9.61. The molecule has 0 aliphatic carbocycles. The van der Waals surface area contributed by atoms with Crippen molar-refractivity contribution in [2.45, 2.75) is 38.3 Å². The summed E-state index contributed by atoms with van der Waals surface area (Å²) in [6, 6.07) is -0.396. The summed E-state index contributed by atoms with van der Waals surface area (Å²) >= 11 is 0. The van der Waals surface area contributed by atoms with Crippen LogP contribution in [0.25, 0.3) is 0 Å². The maximum Gasteiger partial charge on any atom is 0.331 e. The number of hydrogen-bond acceptors (Lipinski definition) is 4. The van der Waals surface area contributed by atoms with Gasteiger partial charge >= 0.3 is 5.69 Å². The van der Waals surface area contributed by atoms with Crippen molar-refractivity contribution in [2.24, 2.45) is 0 Å². The van der Waals surface area contributed by atoms with Gasteiger partial charge in [-0.3, -0.25) is 14.3 Å². The zero-order valence-corrected chi connectivity index (χ0v) is 10.2. The van der Waals surface area contributed by atoms with Crippen LogP contribution >= 0.6 is 0 Å². The Labute approximate surface area is 102 Å². The molecule has 1 unspecified atom stereocenters. The second-order valence-corrected chi connectivity index (χ2v) is 5.02. The third-order valence-electron chi connectivity index (χ3n) is 3.10. The fraction of sp³-hybridized carbons (Fsp3) is 0.636. The molecule has 1 aromatic heterocycles. The molecule has 6 nitrogen and oxygen atoms in total. The van der Waals surface area contributed by atoms with Crippen molar-refractivity contribution in [3.63, 3.8) is 0 Å². The lowest BCUT2D eigenvalue weighted by Crippen LogP contribution is -2.41. The maximum absolute atomic E-state index is 13.3. The first kappa shape index (κ1) is 12.8. The Balaban J connectivity index is 2.49. The van der Waals surface area contributed by atoms with Crippen LogP contribution in [0, 0.1) is 5.82 Å². The molecule has 1 aliphatic heterocycles.